The van der Waals surface area contributed by atoms with Crippen molar-refractivity contribution in [2.75, 3.05) is 32.0 Å². The highest BCUT2D eigenvalue weighted by molar-refractivity contribution is 6.05. The van der Waals surface area contributed by atoms with E-state index in [0.717, 1.165) is 5.52 Å². The largest absolute Gasteiger partial charge is 0.399 e. The number of carbonyl (C=O) groups excluding carboxylic acids is 1. The first-order valence-corrected chi connectivity index (χ1v) is 6.44. The molecule has 0 aliphatic carbocycles. The molecule has 0 radical (unpaired) electrons. The molecule has 1 aromatic carbocycles. The summed E-state index contributed by atoms with van der Waals surface area (Å²) in [6.45, 7) is 1.18. The number of hydrogen-bond donors (Lipinski definition) is 3. The number of aliphatic hydroxyl groups excluding tert-OH is 1. The molecule has 0 spiro atoms. The number of anilines is 1. The van der Waals surface area contributed by atoms with E-state index in [0.29, 0.717) is 36.5 Å². The van der Waals surface area contributed by atoms with Crippen LogP contribution >= 0.6 is 0 Å². The Hall–Kier alpha value is -2.12. The second-order valence-electron chi connectivity index (χ2n) is 4.80. The van der Waals surface area contributed by atoms with Crippen molar-refractivity contribution in [3.63, 3.8) is 0 Å². The number of nitrogens with zero attached hydrogens (tertiary/aromatic N) is 2. The molecule has 1 aliphatic rings. The van der Waals surface area contributed by atoms with E-state index >= 15 is 0 Å². The number of aliphatic hydroxyl groups is 1. The third kappa shape index (κ3) is 2.21. The SMILES string of the molecule is Nc1ccc2[nH]nc(C(=O)N3CCOC(CO)C3)c2c1. The average molecular weight is 276 g/mol. The van der Waals surface area contributed by atoms with Crippen molar-refractivity contribution in [1.82, 2.24) is 15.1 Å². The zero-order valence-corrected chi connectivity index (χ0v) is 10.9. The molecule has 0 saturated carbocycles. The summed E-state index contributed by atoms with van der Waals surface area (Å²) >= 11 is 0. The fraction of sp³-hybridized carbons (Fsp3) is 0.385. The van der Waals surface area contributed by atoms with Gasteiger partial charge in [0.05, 0.1) is 24.8 Å². The predicted molar refractivity (Wildman–Crippen MR) is 73.2 cm³/mol. The number of carbonyl (C=O) groups is 1. The maximum atomic E-state index is 12.5. The van der Waals surface area contributed by atoms with E-state index in [1.807, 2.05) is 0 Å². The molecule has 1 unspecified atom stereocenters. The molecule has 3 rings (SSSR count). The number of nitrogens with two attached hydrogens (primary N) is 1. The molecule has 1 aliphatic heterocycles. The van der Waals surface area contributed by atoms with Crippen molar-refractivity contribution in [2.24, 2.45) is 0 Å². The van der Waals surface area contributed by atoms with Crippen LogP contribution < -0.4 is 5.73 Å². The predicted octanol–water partition coefficient (Wildman–Crippen LogP) is -0.0216. The maximum Gasteiger partial charge on any atom is 0.275 e. The summed E-state index contributed by atoms with van der Waals surface area (Å²) in [6, 6.07) is 5.28. The summed E-state index contributed by atoms with van der Waals surface area (Å²) in [5.41, 5.74) is 7.47. The van der Waals surface area contributed by atoms with Gasteiger partial charge in [-0.15, -0.1) is 0 Å². The first-order chi connectivity index (χ1) is 9.69. The number of H-pyrrole nitrogens is 1. The molecule has 2 heterocycles. The number of hydrogen-bond acceptors (Lipinski definition) is 5. The van der Waals surface area contributed by atoms with E-state index in [4.69, 9.17) is 15.6 Å². The van der Waals surface area contributed by atoms with Crippen LogP contribution in [-0.2, 0) is 4.74 Å². The molecular weight excluding hydrogens is 260 g/mol. The van der Waals surface area contributed by atoms with Gasteiger partial charge in [0.1, 0.15) is 0 Å². The van der Waals surface area contributed by atoms with Crippen molar-refractivity contribution >= 4 is 22.5 Å². The highest BCUT2D eigenvalue weighted by Crippen LogP contribution is 2.21. The molecule has 1 aromatic heterocycles. The van der Waals surface area contributed by atoms with Crippen LogP contribution in [0.4, 0.5) is 5.69 Å². The molecule has 0 bridgehead atoms. The molecule has 7 heteroatoms. The van der Waals surface area contributed by atoms with E-state index in [1.54, 1.807) is 23.1 Å². The summed E-state index contributed by atoms with van der Waals surface area (Å²) in [6.07, 6.45) is -0.331. The minimum Gasteiger partial charge on any atom is -0.399 e. The zero-order chi connectivity index (χ0) is 14.1. The van der Waals surface area contributed by atoms with Gasteiger partial charge >= 0.3 is 0 Å². The number of aromatic nitrogens is 2. The standard InChI is InChI=1S/C13H16N4O3/c14-8-1-2-11-10(5-8)12(16-15-11)13(19)17-3-4-20-9(6-17)7-18/h1-2,5,9,18H,3-4,6-7,14H2,(H,15,16). The Kier molecular flexibility index (Phi) is 3.29. The fourth-order valence-corrected chi connectivity index (χ4v) is 2.36. The number of nitrogens with one attached hydrogen (secondary N) is 1. The lowest BCUT2D eigenvalue weighted by Gasteiger charge is -2.31. The normalized spacial score (nSPS) is 19.4. The summed E-state index contributed by atoms with van der Waals surface area (Å²) < 4.78 is 5.34. The molecule has 2 aromatic rings. The number of nitrogen functional groups attached to an aromatic ring is 1. The summed E-state index contributed by atoms with van der Waals surface area (Å²) in [4.78, 5) is 14.2. The van der Waals surface area contributed by atoms with Crippen molar-refractivity contribution in [1.29, 1.82) is 0 Å². The van der Waals surface area contributed by atoms with Crippen LogP contribution in [0.25, 0.3) is 10.9 Å². The summed E-state index contributed by atoms with van der Waals surface area (Å²) in [7, 11) is 0. The zero-order valence-electron chi connectivity index (χ0n) is 10.9. The highest BCUT2D eigenvalue weighted by Gasteiger charge is 2.27. The smallest absolute Gasteiger partial charge is 0.275 e. The van der Waals surface area contributed by atoms with Gasteiger partial charge in [0.25, 0.3) is 5.91 Å². The highest BCUT2D eigenvalue weighted by atomic mass is 16.5. The Balaban J connectivity index is 1.90. The minimum absolute atomic E-state index is 0.0992. The van der Waals surface area contributed by atoms with Gasteiger partial charge in [-0.1, -0.05) is 0 Å². The van der Waals surface area contributed by atoms with E-state index in [-0.39, 0.29) is 18.6 Å². The Morgan fingerprint density at radius 2 is 2.45 bits per heavy atom. The van der Waals surface area contributed by atoms with Gasteiger partial charge in [0.15, 0.2) is 5.69 Å². The second-order valence-corrected chi connectivity index (χ2v) is 4.80. The van der Waals surface area contributed by atoms with Crippen LogP contribution in [0.15, 0.2) is 18.2 Å². The van der Waals surface area contributed by atoms with Gasteiger partial charge in [-0.3, -0.25) is 9.89 Å². The number of amides is 1. The molecule has 7 nitrogen and oxygen atoms in total. The van der Waals surface area contributed by atoms with E-state index in [9.17, 15) is 4.79 Å². The first kappa shape index (κ1) is 12.9. The average Bonchev–Trinajstić information content (AvgIpc) is 2.89. The monoisotopic (exact) mass is 276 g/mol. The Labute approximate surface area is 115 Å². The number of fused-ring (bicyclic) bond motifs is 1. The number of benzene rings is 1. The molecule has 4 N–H and O–H groups in total. The summed E-state index contributed by atoms with van der Waals surface area (Å²) in [5.74, 6) is -0.177. The van der Waals surface area contributed by atoms with Gasteiger partial charge in [0, 0.05) is 24.2 Å². The Morgan fingerprint density at radius 3 is 3.25 bits per heavy atom. The minimum atomic E-state index is -0.331. The van der Waals surface area contributed by atoms with Gasteiger partial charge in [-0.25, -0.2) is 0 Å². The van der Waals surface area contributed by atoms with Crippen LogP contribution in [0.3, 0.4) is 0 Å². The van der Waals surface area contributed by atoms with Crippen LogP contribution in [-0.4, -0.2) is 58.5 Å². The van der Waals surface area contributed by atoms with Gasteiger partial charge in [-0.2, -0.15) is 5.10 Å². The third-order valence-electron chi connectivity index (χ3n) is 3.42. The number of rotatable bonds is 2. The first-order valence-electron chi connectivity index (χ1n) is 6.44. The summed E-state index contributed by atoms with van der Waals surface area (Å²) in [5, 5.41) is 16.8. The van der Waals surface area contributed by atoms with Crippen molar-refractivity contribution in [2.45, 2.75) is 6.10 Å². The van der Waals surface area contributed by atoms with E-state index in [2.05, 4.69) is 10.2 Å². The van der Waals surface area contributed by atoms with Crippen molar-refractivity contribution < 1.29 is 14.6 Å². The van der Waals surface area contributed by atoms with Gasteiger partial charge in [-0.05, 0) is 18.2 Å². The lowest BCUT2D eigenvalue weighted by atomic mass is 10.1. The van der Waals surface area contributed by atoms with Crippen molar-refractivity contribution in [3.05, 3.63) is 23.9 Å². The van der Waals surface area contributed by atoms with Crippen LogP contribution in [0.2, 0.25) is 0 Å². The van der Waals surface area contributed by atoms with Crippen LogP contribution in [0.5, 0.6) is 0 Å². The molecule has 1 fully saturated rings. The van der Waals surface area contributed by atoms with Gasteiger partial charge < -0.3 is 20.5 Å². The second kappa shape index (κ2) is 5.10. The lowest BCUT2D eigenvalue weighted by Crippen LogP contribution is -2.47. The van der Waals surface area contributed by atoms with E-state index < -0.39 is 0 Å². The molecule has 106 valence electrons. The van der Waals surface area contributed by atoms with Gasteiger partial charge in [0.2, 0.25) is 0 Å². The fourth-order valence-electron chi connectivity index (χ4n) is 2.36. The molecule has 20 heavy (non-hydrogen) atoms. The molecular formula is C13H16N4O3. The van der Waals surface area contributed by atoms with E-state index in [1.165, 1.54) is 0 Å². The Morgan fingerprint density at radius 1 is 1.60 bits per heavy atom. The quantitative estimate of drug-likeness (QED) is 0.669. The lowest BCUT2D eigenvalue weighted by molar-refractivity contribution is -0.0448. The number of morpholine rings is 1. The van der Waals surface area contributed by atoms with Crippen LogP contribution in [0, 0.1) is 0 Å². The third-order valence-corrected chi connectivity index (χ3v) is 3.42. The molecule has 1 amide bonds. The van der Waals surface area contributed by atoms with Crippen molar-refractivity contribution in [3.8, 4) is 0 Å². The topological polar surface area (TPSA) is 104 Å². The Bertz CT molecular complexity index is 640. The number of aromatic amines is 1. The molecule has 1 atom stereocenters. The van der Waals surface area contributed by atoms with Crippen LogP contribution in [0.1, 0.15) is 10.5 Å². The maximum absolute atomic E-state index is 12.5. The number of ether oxygens (including phenoxy) is 1. The molecule has 1 saturated heterocycles.